The van der Waals surface area contributed by atoms with Crippen LogP contribution >= 0.6 is 0 Å². The Bertz CT molecular complexity index is 711. The first-order chi connectivity index (χ1) is 10.3. The third-order valence-electron chi connectivity index (χ3n) is 3.24. The molecule has 21 heavy (non-hydrogen) atoms. The Labute approximate surface area is 121 Å². The summed E-state index contributed by atoms with van der Waals surface area (Å²) in [5, 5.41) is 7.07. The van der Waals surface area contributed by atoms with Gasteiger partial charge in [-0.1, -0.05) is 0 Å². The minimum Gasteiger partial charge on any atom is -0.351 e. The maximum atomic E-state index is 12.3. The van der Waals surface area contributed by atoms with Gasteiger partial charge in [0.2, 0.25) is 0 Å². The first kappa shape index (κ1) is 13.2. The summed E-state index contributed by atoms with van der Waals surface area (Å²) in [5.41, 5.74) is 1.55. The third kappa shape index (κ3) is 2.71. The van der Waals surface area contributed by atoms with Crippen molar-refractivity contribution in [1.82, 2.24) is 29.6 Å². The normalized spacial score (nSPS) is 10.7. The topological polar surface area (TPSA) is 80.5 Å². The molecule has 0 saturated carbocycles. The van der Waals surface area contributed by atoms with Crippen molar-refractivity contribution in [2.45, 2.75) is 6.42 Å². The molecule has 3 aromatic rings. The van der Waals surface area contributed by atoms with Crippen molar-refractivity contribution in [2.75, 3.05) is 6.54 Å². The lowest BCUT2D eigenvalue weighted by atomic mass is 10.2. The summed E-state index contributed by atoms with van der Waals surface area (Å²) in [6.45, 7) is 0.543. The fourth-order valence-electron chi connectivity index (χ4n) is 2.20. The predicted octanol–water partition coefficient (Wildman–Crippen LogP) is 0.906. The zero-order chi connectivity index (χ0) is 14.7. The molecule has 0 fully saturated rings. The van der Waals surface area contributed by atoms with Crippen LogP contribution in [0.4, 0.5) is 0 Å². The second kappa shape index (κ2) is 5.66. The van der Waals surface area contributed by atoms with E-state index in [2.05, 4.69) is 20.4 Å². The van der Waals surface area contributed by atoms with E-state index < -0.39 is 0 Å². The zero-order valence-electron chi connectivity index (χ0n) is 11.7. The molecule has 7 heteroatoms. The Balaban J connectivity index is 1.70. The predicted molar refractivity (Wildman–Crippen MR) is 77.2 cm³/mol. The maximum Gasteiger partial charge on any atom is 0.256 e. The molecule has 0 spiro atoms. The van der Waals surface area contributed by atoms with E-state index in [4.69, 9.17) is 0 Å². The molecule has 0 aliphatic heterocycles. The number of nitrogens with zero attached hydrogens (tertiary/aromatic N) is 4. The number of rotatable bonds is 5. The molecule has 0 aliphatic carbocycles. The highest BCUT2D eigenvalue weighted by atomic mass is 16.1. The van der Waals surface area contributed by atoms with Crippen LogP contribution in [0.15, 0.2) is 43.2 Å². The summed E-state index contributed by atoms with van der Waals surface area (Å²) in [5.74, 6) is 0.616. The van der Waals surface area contributed by atoms with Crippen molar-refractivity contribution in [3.63, 3.8) is 0 Å². The first-order valence-electron chi connectivity index (χ1n) is 6.66. The van der Waals surface area contributed by atoms with Crippen LogP contribution in [0, 0.1) is 0 Å². The van der Waals surface area contributed by atoms with E-state index in [1.165, 1.54) is 0 Å². The smallest absolute Gasteiger partial charge is 0.256 e. The SMILES string of the molecule is Cn1ncc(C(=O)NCCc2cnc[nH]2)c1-n1cccc1. The monoisotopic (exact) mass is 284 g/mol. The number of carbonyl (C=O) groups excluding carboxylic acids is 1. The number of imidazole rings is 1. The second-order valence-electron chi connectivity index (χ2n) is 4.68. The number of H-pyrrole nitrogens is 1. The Kier molecular flexibility index (Phi) is 3.55. The Morgan fingerprint density at radius 2 is 2.14 bits per heavy atom. The average Bonchev–Trinajstić information content (AvgIpc) is 3.18. The second-order valence-corrected chi connectivity index (χ2v) is 4.68. The molecule has 2 N–H and O–H groups in total. The molecule has 0 atom stereocenters. The Morgan fingerprint density at radius 3 is 2.86 bits per heavy atom. The molecule has 0 saturated heterocycles. The highest BCUT2D eigenvalue weighted by molar-refractivity contribution is 5.97. The summed E-state index contributed by atoms with van der Waals surface area (Å²) in [7, 11) is 1.82. The van der Waals surface area contributed by atoms with E-state index in [1.54, 1.807) is 23.4 Å². The quantitative estimate of drug-likeness (QED) is 0.730. The summed E-state index contributed by atoms with van der Waals surface area (Å²) < 4.78 is 3.56. The van der Waals surface area contributed by atoms with Crippen LogP contribution in [0.5, 0.6) is 0 Å². The van der Waals surface area contributed by atoms with Crippen molar-refractivity contribution in [1.29, 1.82) is 0 Å². The Hall–Kier alpha value is -2.83. The fraction of sp³-hybridized carbons (Fsp3) is 0.214. The first-order valence-corrected chi connectivity index (χ1v) is 6.66. The number of hydrogen-bond acceptors (Lipinski definition) is 3. The van der Waals surface area contributed by atoms with Crippen molar-refractivity contribution >= 4 is 5.91 Å². The largest absolute Gasteiger partial charge is 0.351 e. The highest BCUT2D eigenvalue weighted by Gasteiger charge is 2.16. The van der Waals surface area contributed by atoms with Crippen LogP contribution < -0.4 is 5.32 Å². The molecule has 7 nitrogen and oxygen atoms in total. The van der Waals surface area contributed by atoms with Gasteiger partial charge in [-0.05, 0) is 12.1 Å². The van der Waals surface area contributed by atoms with E-state index in [9.17, 15) is 4.79 Å². The molecule has 3 rings (SSSR count). The average molecular weight is 284 g/mol. The summed E-state index contributed by atoms with van der Waals surface area (Å²) >= 11 is 0. The number of carbonyl (C=O) groups is 1. The number of aromatic nitrogens is 5. The van der Waals surface area contributed by atoms with Gasteiger partial charge in [-0.15, -0.1) is 0 Å². The van der Waals surface area contributed by atoms with Crippen molar-refractivity contribution < 1.29 is 4.79 Å². The third-order valence-corrected chi connectivity index (χ3v) is 3.24. The van der Waals surface area contributed by atoms with Gasteiger partial charge in [0.05, 0.1) is 12.5 Å². The lowest BCUT2D eigenvalue weighted by Crippen LogP contribution is -2.26. The summed E-state index contributed by atoms with van der Waals surface area (Å²) in [4.78, 5) is 19.2. The van der Waals surface area contributed by atoms with E-state index in [0.29, 0.717) is 18.5 Å². The molecule has 0 bridgehead atoms. The van der Waals surface area contributed by atoms with Crippen LogP contribution in [-0.4, -0.2) is 36.8 Å². The lowest BCUT2D eigenvalue weighted by Gasteiger charge is -2.08. The van der Waals surface area contributed by atoms with Gasteiger partial charge < -0.3 is 14.9 Å². The number of nitrogens with one attached hydrogen (secondary N) is 2. The van der Waals surface area contributed by atoms with Crippen LogP contribution in [0.3, 0.4) is 0 Å². The van der Waals surface area contributed by atoms with Gasteiger partial charge in [0, 0.05) is 44.3 Å². The van der Waals surface area contributed by atoms with Crippen molar-refractivity contribution in [3.8, 4) is 5.82 Å². The molecule has 3 aromatic heterocycles. The van der Waals surface area contributed by atoms with Gasteiger partial charge in [-0.3, -0.25) is 9.48 Å². The minimum atomic E-state index is -0.133. The highest BCUT2D eigenvalue weighted by Crippen LogP contribution is 2.13. The number of aromatic amines is 1. The number of aryl methyl sites for hydroxylation is 1. The van der Waals surface area contributed by atoms with E-state index in [-0.39, 0.29) is 5.91 Å². The van der Waals surface area contributed by atoms with Crippen LogP contribution in [-0.2, 0) is 13.5 Å². The number of hydrogen-bond donors (Lipinski definition) is 2. The molecule has 0 radical (unpaired) electrons. The van der Waals surface area contributed by atoms with Crippen molar-refractivity contribution in [2.24, 2.45) is 7.05 Å². The molecule has 0 aromatic carbocycles. The van der Waals surface area contributed by atoms with Gasteiger partial charge in [0.1, 0.15) is 11.4 Å². The molecule has 108 valence electrons. The van der Waals surface area contributed by atoms with Crippen molar-refractivity contribution in [3.05, 3.63) is 54.5 Å². The maximum absolute atomic E-state index is 12.3. The van der Waals surface area contributed by atoms with Gasteiger partial charge in [0.25, 0.3) is 5.91 Å². The molecular weight excluding hydrogens is 268 g/mol. The van der Waals surface area contributed by atoms with Gasteiger partial charge in [-0.2, -0.15) is 5.10 Å². The number of amides is 1. The van der Waals surface area contributed by atoms with E-state index in [1.807, 2.05) is 36.1 Å². The summed E-state index contributed by atoms with van der Waals surface area (Å²) in [6.07, 6.45) is 9.45. The molecule has 0 unspecified atom stereocenters. The molecular formula is C14H16N6O. The zero-order valence-corrected chi connectivity index (χ0v) is 11.7. The molecule has 0 aliphatic rings. The molecule has 1 amide bonds. The van der Waals surface area contributed by atoms with Crippen LogP contribution in [0.1, 0.15) is 16.1 Å². The fourth-order valence-corrected chi connectivity index (χ4v) is 2.20. The minimum absolute atomic E-state index is 0.133. The Morgan fingerprint density at radius 1 is 1.33 bits per heavy atom. The van der Waals surface area contributed by atoms with Crippen LogP contribution in [0.2, 0.25) is 0 Å². The van der Waals surface area contributed by atoms with Crippen LogP contribution in [0.25, 0.3) is 5.82 Å². The van der Waals surface area contributed by atoms with Gasteiger partial charge in [0.15, 0.2) is 0 Å². The van der Waals surface area contributed by atoms with Gasteiger partial charge in [-0.25, -0.2) is 4.98 Å². The molecule has 3 heterocycles. The van der Waals surface area contributed by atoms with Gasteiger partial charge >= 0.3 is 0 Å². The summed E-state index contributed by atoms with van der Waals surface area (Å²) in [6, 6.07) is 3.82. The lowest BCUT2D eigenvalue weighted by molar-refractivity contribution is 0.0954. The van der Waals surface area contributed by atoms with E-state index in [0.717, 1.165) is 11.5 Å². The van der Waals surface area contributed by atoms with E-state index >= 15 is 0 Å². The standard InChI is InChI=1S/C14H16N6O/c1-19-14(20-6-2-3-7-20)12(9-18-19)13(21)16-5-4-11-8-15-10-17-11/h2-3,6-10H,4-5H2,1H3,(H,15,17)(H,16,21).